The Morgan fingerprint density at radius 2 is 1.96 bits per heavy atom. The highest BCUT2D eigenvalue weighted by molar-refractivity contribution is 7.84. The van der Waals surface area contributed by atoms with Gasteiger partial charge in [-0.05, 0) is 18.2 Å². The number of rotatable bonds is 7. The molecule has 3 rings (SSSR count). The largest absolute Gasteiger partial charge is 0.493 e. The molecule has 2 heterocycles. The lowest BCUT2D eigenvalue weighted by Gasteiger charge is -2.10. The standard InChI is InChI=1S/C16H14ClF2N3O4S/c1-24-13-6-10(20-7-14(13)25-2)8-27(23)16-21-11-5-9(17)3-4-12(11)22(16)26-15(18)19/h3-7,15H,8H2,1-2H3. The minimum atomic E-state index is -3.12. The van der Waals surface area contributed by atoms with Crippen molar-refractivity contribution in [3.8, 4) is 11.5 Å². The van der Waals surface area contributed by atoms with E-state index >= 15 is 0 Å². The molecule has 1 unspecified atom stereocenters. The molecule has 1 aromatic carbocycles. The minimum absolute atomic E-state index is 0.0932. The lowest BCUT2D eigenvalue weighted by Crippen LogP contribution is -2.20. The lowest BCUT2D eigenvalue weighted by atomic mass is 10.3. The number of halogens is 3. The highest BCUT2D eigenvalue weighted by Gasteiger charge is 2.21. The van der Waals surface area contributed by atoms with Crippen molar-refractivity contribution in [3.63, 3.8) is 0 Å². The quantitative estimate of drug-likeness (QED) is 0.588. The summed E-state index contributed by atoms with van der Waals surface area (Å²) in [6.45, 7) is -3.12. The minimum Gasteiger partial charge on any atom is -0.493 e. The molecule has 144 valence electrons. The van der Waals surface area contributed by atoms with Crippen LogP contribution in [0.15, 0.2) is 35.6 Å². The Morgan fingerprint density at radius 1 is 1.22 bits per heavy atom. The molecule has 7 nitrogen and oxygen atoms in total. The Morgan fingerprint density at radius 3 is 2.63 bits per heavy atom. The van der Waals surface area contributed by atoms with E-state index < -0.39 is 17.4 Å². The Kier molecular flexibility index (Phi) is 5.76. The van der Waals surface area contributed by atoms with Crippen LogP contribution in [0.25, 0.3) is 11.0 Å². The number of pyridine rings is 1. The first-order valence-corrected chi connectivity index (χ1v) is 9.21. The summed E-state index contributed by atoms with van der Waals surface area (Å²) in [4.78, 5) is 12.8. The van der Waals surface area contributed by atoms with E-state index in [2.05, 4.69) is 14.8 Å². The number of imidazole rings is 1. The highest BCUT2D eigenvalue weighted by atomic mass is 35.5. The molecule has 0 fully saturated rings. The molecular formula is C16H14ClF2N3O4S. The number of benzene rings is 1. The molecule has 2 aromatic heterocycles. The molecule has 0 aliphatic heterocycles. The molecule has 11 heteroatoms. The predicted molar refractivity (Wildman–Crippen MR) is 94.8 cm³/mol. The second-order valence-electron chi connectivity index (χ2n) is 5.21. The van der Waals surface area contributed by atoms with E-state index in [-0.39, 0.29) is 21.9 Å². The molecule has 0 bridgehead atoms. The average Bonchev–Trinajstić information content (AvgIpc) is 2.98. The number of hydrogen-bond donors (Lipinski definition) is 0. The Hall–Kier alpha value is -2.46. The van der Waals surface area contributed by atoms with Crippen LogP contribution in [0.3, 0.4) is 0 Å². The van der Waals surface area contributed by atoms with E-state index in [1.54, 1.807) is 6.07 Å². The predicted octanol–water partition coefficient (Wildman–Crippen LogP) is 3.06. The van der Waals surface area contributed by atoms with Gasteiger partial charge in [0.15, 0.2) is 11.5 Å². The van der Waals surface area contributed by atoms with Crippen LogP contribution in [-0.4, -0.2) is 39.7 Å². The normalized spacial score (nSPS) is 12.4. The molecule has 0 spiro atoms. The molecule has 0 aliphatic rings. The third kappa shape index (κ3) is 4.11. The Bertz CT molecular complexity index is 999. The van der Waals surface area contributed by atoms with Gasteiger partial charge in [0.2, 0.25) is 5.16 Å². The van der Waals surface area contributed by atoms with E-state index in [9.17, 15) is 13.0 Å². The van der Waals surface area contributed by atoms with Crippen molar-refractivity contribution in [2.45, 2.75) is 17.5 Å². The highest BCUT2D eigenvalue weighted by Crippen LogP contribution is 2.27. The number of methoxy groups -OCH3 is 2. The van der Waals surface area contributed by atoms with Crippen molar-refractivity contribution in [1.29, 1.82) is 0 Å². The first-order valence-electron chi connectivity index (χ1n) is 7.51. The average molecular weight is 418 g/mol. The second kappa shape index (κ2) is 8.05. The van der Waals surface area contributed by atoms with Crippen LogP contribution in [-0.2, 0) is 16.6 Å². The molecule has 1 atom stereocenters. The number of hydrogen-bond acceptors (Lipinski definition) is 6. The first kappa shape index (κ1) is 19.3. The maximum absolute atomic E-state index is 12.8. The molecule has 0 amide bonds. The second-order valence-corrected chi connectivity index (χ2v) is 6.99. The van der Waals surface area contributed by atoms with Gasteiger partial charge in [0.1, 0.15) is 5.52 Å². The Balaban J connectivity index is 1.97. The number of aromatic nitrogens is 3. The third-order valence-corrected chi connectivity index (χ3v) is 5.00. The van der Waals surface area contributed by atoms with E-state index in [1.165, 1.54) is 38.6 Å². The molecule has 0 saturated heterocycles. The number of ether oxygens (including phenoxy) is 2. The van der Waals surface area contributed by atoms with Crippen molar-refractivity contribution >= 4 is 33.4 Å². The maximum Gasteiger partial charge on any atom is 0.405 e. The number of nitrogens with zero attached hydrogens (tertiary/aromatic N) is 3. The summed E-state index contributed by atoms with van der Waals surface area (Å²) in [6, 6.07) is 5.98. The van der Waals surface area contributed by atoms with Gasteiger partial charge in [-0.15, -0.1) is 4.73 Å². The SMILES string of the molecule is COc1cnc(CS(=O)c2nc3cc(Cl)ccc3n2OC(F)F)cc1OC. The van der Waals surface area contributed by atoms with Gasteiger partial charge in [0, 0.05) is 11.1 Å². The topological polar surface area (TPSA) is 75.5 Å². The number of alkyl halides is 2. The summed E-state index contributed by atoms with van der Waals surface area (Å²) < 4.78 is 49.5. The van der Waals surface area contributed by atoms with Crippen LogP contribution >= 0.6 is 11.6 Å². The van der Waals surface area contributed by atoms with Crippen LogP contribution < -0.4 is 14.3 Å². The van der Waals surface area contributed by atoms with Crippen LogP contribution in [0.2, 0.25) is 5.02 Å². The molecule has 3 aromatic rings. The van der Waals surface area contributed by atoms with Crippen LogP contribution in [0.5, 0.6) is 11.5 Å². The van der Waals surface area contributed by atoms with Gasteiger partial charge >= 0.3 is 6.61 Å². The summed E-state index contributed by atoms with van der Waals surface area (Å²) in [5.74, 6) is 0.725. The van der Waals surface area contributed by atoms with E-state index in [0.717, 1.165) is 4.73 Å². The van der Waals surface area contributed by atoms with Gasteiger partial charge in [-0.1, -0.05) is 11.6 Å². The summed E-state index contributed by atoms with van der Waals surface area (Å²) in [5, 5.41) is 0.187. The van der Waals surface area contributed by atoms with Gasteiger partial charge in [-0.25, -0.2) is 4.98 Å². The fourth-order valence-electron chi connectivity index (χ4n) is 2.39. The zero-order valence-electron chi connectivity index (χ0n) is 14.2. The summed E-state index contributed by atoms with van der Waals surface area (Å²) in [6.07, 6.45) is 1.42. The summed E-state index contributed by atoms with van der Waals surface area (Å²) >= 11 is 5.91. The van der Waals surface area contributed by atoms with Crippen molar-refractivity contribution in [1.82, 2.24) is 14.7 Å². The summed E-state index contributed by atoms with van der Waals surface area (Å²) in [5.41, 5.74) is 0.912. The molecule has 27 heavy (non-hydrogen) atoms. The smallest absolute Gasteiger partial charge is 0.405 e. The van der Waals surface area contributed by atoms with Crippen molar-refractivity contribution in [2.24, 2.45) is 0 Å². The van der Waals surface area contributed by atoms with Gasteiger partial charge in [-0.2, -0.15) is 8.78 Å². The molecule has 0 saturated carbocycles. The van der Waals surface area contributed by atoms with Gasteiger partial charge in [0.25, 0.3) is 0 Å². The fourth-order valence-corrected chi connectivity index (χ4v) is 3.64. The fraction of sp³-hybridized carbons (Fsp3) is 0.250. The van der Waals surface area contributed by atoms with Crippen molar-refractivity contribution in [2.75, 3.05) is 14.2 Å². The van der Waals surface area contributed by atoms with E-state index in [0.29, 0.717) is 22.2 Å². The molecule has 0 N–H and O–H groups in total. The third-order valence-electron chi connectivity index (χ3n) is 3.54. The number of fused-ring (bicyclic) bond motifs is 1. The maximum atomic E-state index is 12.8. The zero-order valence-corrected chi connectivity index (χ0v) is 15.8. The lowest BCUT2D eigenvalue weighted by molar-refractivity contribution is -0.136. The van der Waals surface area contributed by atoms with Gasteiger partial charge in [0.05, 0.1) is 48.2 Å². The molecular weight excluding hydrogens is 404 g/mol. The van der Waals surface area contributed by atoms with E-state index in [1.807, 2.05) is 0 Å². The monoisotopic (exact) mass is 417 g/mol. The molecule has 0 aliphatic carbocycles. The van der Waals surface area contributed by atoms with Crippen LogP contribution in [0.1, 0.15) is 5.69 Å². The van der Waals surface area contributed by atoms with Crippen LogP contribution in [0.4, 0.5) is 8.78 Å². The Labute approximate surface area is 160 Å². The van der Waals surface area contributed by atoms with E-state index in [4.69, 9.17) is 21.1 Å². The zero-order chi connectivity index (χ0) is 19.6. The molecule has 0 radical (unpaired) electrons. The van der Waals surface area contributed by atoms with Crippen LogP contribution in [0, 0.1) is 0 Å². The van der Waals surface area contributed by atoms with Gasteiger partial charge < -0.3 is 14.3 Å². The van der Waals surface area contributed by atoms with Crippen molar-refractivity contribution < 1.29 is 27.3 Å². The van der Waals surface area contributed by atoms with Gasteiger partial charge in [-0.3, -0.25) is 9.19 Å². The first-order chi connectivity index (χ1) is 12.9. The van der Waals surface area contributed by atoms with Crippen molar-refractivity contribution in [3.05, 3.63) is 41.2 Å². The summed E-state index contributed by atoms with van der Waals surface area (Å²) in [7, 11) is 1.09.